The lowest BCUT2D eigenvalue weighted by Crippen LogP contribution is -2.23. The summed E-state index contributed by atoms with van der Waals surface area (Å²) in [5.41, 5.74) is 2.73. The van der Waals surface area contributed by atoms with Gasteiger partial charge in [0.1, 0.15) is 0 Å². The van der Waals surface area contributed by atoms with Crippen molar-refractivity contribution in [3.63, 3.8) is 0 Å². The maximum absolute atomic E-state index is 12.2. The number of hydrogen-bond acceptors (Lipinski definition) is 4. The monoisotopic (exact) mass is 346 g/mol. The first kappa shape index (κ1) is 17.4. The molecule has 0 radical (unpaired) electrons. The van der Waals surface area contributed by atoms with Crippen molar-refractivity contribution in [3.8, 4) is 0 Å². The molecule has 2 aromatic carbocycles. The van der Waals surface area contributed by atoms with E-state index in [0.717, 1.165) is 38.5 Å². The fraction of sp³-hybridized carbons (Fsp3) is 0.176. The molecule has 2 rings (SSSR count). The van der Waals surface area contributed by atoms with E-state index >= 15 is 0 Å². The van der Waals surface area contributed by atoms with Crippen molar-refractivity contribution >= 4 is 43.4 Å². The highest BCUT2D eigenvalue weighted by atomic mass is 33.1. The number of nitrogens with zero attached hydrogens (tertiary/aromatic N) is 2. The van der Waals surface area contributed by atoms with Gasteiger partial charge in [0.05, 0.1) is 0 Å². The van der Waals surface area contributed by atoms with E-state index in [1.54, 1.807) is 14.1 Å². The van der Waals surface area contributed by atoms with Gasteiger partial charge in [-0.05, 0) is 31.2 Å². The number of aryl methyl sites for hydroxylation is 1. The van der Waals surface area contributed by atoms with Crippen LogP contribution in [0.3, 0.4) is 0 Å². The molecule has 0 saturated carbocycles. The predicted octanol–water partition coefficient (Wildman–Crippen LogP) is 5.19. The smallest absolute Gasteiger partial charge is 0.296 e. The Morgan fingerprint density at radius 2 is 1.17 bits per heavy atom. The van der Waals surface area contributed by atoms with E-state index < -0.39 is 0 Å². The number of rotatable bonds is 2. The van der Waals surface area contributed by atoms with Crippen LogP contribution in [0.2, 0.25) is 0 Å². The van der Waals surface area contributed by atoms with Gasteiger partial charge < -0.3 is 9.80 Å². The predicted molar refractivity (Wildman–Crippen MR) is 100 cm³/mol. The van der Waals surface area contributed by atoms with Crippen LogP contribution in [-0.2, 0) is 0 Å². The molecular weight excluding hydrogens is 328 g/mol. The molecule has 23 heavy (non-hydrogen) atoms. The summed E-state index contributed by atoms with van der Waals surface area (Å²) in [5.74, 6) is 0. The number of hydrogen-bond donors (Lipinski definition) is 0. The zero-order chi connectivity index (χ0) is 16.8. The highest BCUT2D eigenvalue weighted by Crippen LogP contribution is 2.30. The zero-order valence-corrected chi connectivity index (χ0v) is 14.9. The van der Waals surface area contributed by atoms with Crippen molar-refractivity contribution in [1.82, 2.24) is 0 Å². The second-order valence-corrected chi connectivity index (χ2v) is 7.02. The van der Waals surface area contributed by atoms with Crippen molar-refractivity contribution in [3.05, 3.63) is 60.2 Å². The van der Waals surface area contributed by atoms with Crippen molar-refractivity contribution < 1.29 is 9.59 Å². The number of carbonyl (C=O) groups excluding carboxylic acids is 2. The normalized spacial score (nSPS) is 10.2. The third kappa shape index (κ3) is 4.77. The minimum Gasteiger partial charge on any atom is -0.306 e. The molecule has 0 aliphatic rings. The summed E-state index contributed by atoms with van der Waals surface area (Å²) in [6.07, 6.45) is 0. The molecule has 0 heterocycles. The van der Waals surface area contributed by atoms with E-state index in [1.807, 2.05) is 61.5 Å². The standard InChI is InChI=1S/C17H18N2O2S2/c1-13-9-11-15(12-10-13)19(3)17(21)23-22-16(20)18(2)14-7-5-4-6-8-14/h4-12H,1-3H3. The van der Waals surface area contributed by atoms with Gasteiger partial charge in [0.25, 0.3) is 10.5 Å². The van der Waals surface area contributed by atoms with E-state index in [4.69, 9.17) is 0 Å². The molecular formula is C17H18N2O2S2. The molecule has 2 amide bonds. The van der Waals surface area contributed by atoms with E-state index in [9.17, 15) is 9.59 Å². The first-order valence-corrected chi connectivity index (χ1v) is 9.15. The minimum atomic E-state index is -0.188. The summed E-state index contributed by atoms with van der Waals surface area (Å²) < 4.78 is 0. The van der Waals surface area contributed by atoms with Gasteiger partial charge in [-0.2, -0.15) is 0 Å². The number of anilines is 2. The number of carbonyl (C=O) groups is 2. The lowest BCUT2D eigenvalue weighted by atomic mass is 10.2. The maximum atomic E-state index is 12.2. The summed E-state index contributed by atoms with van der Waals surface area (Å²) in [5, 5.41) is -0.375. The first-order valence-electron chi connectivity index (χ1n) is 7.00. The van der Waals surface area contributed by atoms with Crippen LogP contribution in [0.4, 0.5) is 21.0 Å². The Balaban J connectivity index is 1.90. The van der Waals surface area contributed by atoms with Crippen LogP contribution in [0, 0.1) is 6.92 Å². The van der Waals surface area contributed by atoms with Gasteiger partial charge >= 0.3 is 0 Å². The van der Waals surface area contributed by atoms with Gasteiger partial charge in [0.2, 0.25) is 0 Å². The molecule has 0 fully saturated rings. The molecule has 0 saturated heterocycles. The van der Waals surface area contributed by atoms with Crippen LogP contribution < -0.4 is 9.80 Å². The molecule has 2 aromatic rings. The van der Waals surface area contributed by atoms with Gasteiger partial charge in [-0.1, -0.05) is 35.9 Å². The molecule has 120 valence electrons. The maximum Gasteiger partial charge on any atom is 0.296 e. The molecule has 0 aliphatic carbocycles. The quantitative estimate of drug-likeness (QED) is 0.702. The molecule has 0 aromatic heterocycles. The Morgan fingerprint density at radius 1 is 0.739 bits per heavy atom. The van der Waals surface area contributed by atoms with Crippen molar-refractivity contribution in [2.45, 2.75) is 6.92 Å². The van der Waals surface area contributed by atoms with Crippen LogP contribution in [0.15, 0.2) is 54.6 Å². The van der Waals surface area contributed by atoms with Crippen LogP contribution in [0.1, 0.15) is 5.56 Å². The Hall–Kier alpha value is -1.92. The summed E-state index contributed by atoms with van der Waals surface area (Å²) in [7, 11) is 5.25. The van der Waals surface area contributed by atoms with Gasteiger partial charge in [0, 0.05) is 47.1 Å². The third-order valence-corrected chi connectivity index (χ3v) is 5.32. The molecule has 0 aliphatic heterocycles. The molecule has 0 atom stereocenters. The van der Waals surface area contributed by atoms with Crippen LogP contribution in [0.25, 0.3) is 0 Å². The fourth-order valence-corrected chi connectivity index (χ4v) is 3.49. The highest BCUT2D eigenvalue weighted by Gasteiger charge is 2.17. The number of amides is 2. The topological polar surface area (TPSA) is 40.6 Å². The fourth-order valence-electron chi connectivity index (χ4n) is 1.81. The lowest BCUT2D eigenvalue weighted by molar-refractivity contribution is 0.265. The third-order valence-electron chi connectivity index (χ3n) is 3.30. The molecule has 4 nitrogen and oxygen atoms in total. The van der Waals surface area contributed by atoms with E-state index in [1.165, 1.54) is 9.80 Å². The Bertz CT molecular complexity index is 675. The number of para-hydroxylation sites is 1. The van der Waals surface area contributed by atoms with Crippen LogP contribution in [0.5, 0.6) is 0 Å². The zero-order valence-electron chi connectivity index (χ0n) is 13.2. The minimum absolute atomic E-state index is 0.186. The van der Waals surface area contributed by atoms with Gasteiger partial charge in [-0.3, -0.25) is 9.59 Å². The molecule has 0 N–H and O–H groups in total. The SMILES string of the molecule is Cc1ccc(N(C)C(=O)SSC(=O)N(C)c2ccccc2)cc1. The Kier molecular flexibility index (Phi) is 6.12. The second kappa shape index (κ2) is 8.08. The van der Waals surface area contributed by atoms with Crippen molar-refractivity contribution in [1.29, 1.82) is 0 Å². The van der Waals surface area contributed by atoms with Gasteiger partial charge in [-0.25, -0.2) is 0 Å². The van der Waals surface area contributed by atoms with E-state index in [-0.39, 0.29) is 10.5 Å². The highest BCUT2D eigenvalue weighted by molar-refractivity contribution is 8.87. The second-order valence-electron chi connectivity index (χ2n) is 4.99. The average Bonchev–Trinajstić information content (AvgIpc) is 2.59. The van der Waals surface area contributed by atoms with Gasteiger partial charge in [0.15, 0.2) is 0 Å². The summed E-state index contributed by atoms with van der Waals surface area (Å²) in [6, 6.07) is 17.0. The molecule has 0 spiro atoms. The van der Waals surface area contributed by atoms with Crippen LogP contribution in [-0.4, -0.2) is 24.6 Å². The van der Waals surface area contributed by atoms with E-state index in [0.29, 0.717) is 0 Å². The largest absolute Gasteiger partial charge is 0.306 e. The lowest BCUT2D eigenvalue weighted by Gasteiger charge is -2.18. The molecule has 0 unspecified atom stereocenters. The number of benzene rings is 2. The first-order chi connectivity index (χ1) is 11.0. The molecule has 0 bridgehead atoms. The summed E-state index contributed by atoms with van der Waals surface area (Å²) >= 11 is 0. The Labute approximate surface area is 144 Å². The molecule has 6 heteroatoms. The van der Waals surface area contributed by atoms with Gasteiger partial charge in [-0.15, -0.1) is 0 Å². The van der Waals surface area contributed by atoms with Crippen molar-refractivity contribution in [2.75, 3.05) is 23.9 Å². The Morgan fingerprint density at radius 3 is 1.65 bits per heavy atom. The van der Waals surface area contributed by atoms with Crippen molar-refractivity contribution in [2.24, 2.45) is 0 Å². The summed E-state index contributed by atoms with van der Waals surface area (Å²) in [6.45, 7) is 1.99. The summed E-state index contributed by atoms with van der Waals surface area (Å²) in [4.78, 5) is 27.4. The van der Waals surface area contributed by atoms with E-state index in [2.05, 4.69) is 0 Å². The van der Waals surface area contributed by atoms with Crippen LogP contribution >= 0.6 is 21.6 Å². The average molecular weight is 346 g/mol.